The smallest absolute Gasteiger partial charge is 0.129 e. The Labute approximate surface area is 120 Å². The van der Waals surface area contributed by atoms with Gasteiger partial charge in [0.1, 0.15) is 5.75 Å². The van der Waals surface area contributed by atoms with Gasteiger partial charge in [0.25, 0.3) is 0 Å². The van der Waals surface area contributed by atoms with Crippen LogP contribution in [-0.2, 0) is 0 Å². The summed E-state index contributed by atoms with van der Waals surface area (Å²) in [4.78, 5) is 2.89. The average molecular weight is 274 g/mol. The Bertz CT molecular complexity index is 515. The molecule has 2 rings (SSSR count). The van der Waals surface area contributed by atoms with Gasteiger partial charge in [-0.05, 0) is 81.4 Å². The van der Waals surface area contributed by atoms with E-state index in [2.05, 4.69) is 28.3 Å². The zero-order chi connectivity index (χ0) is 14.5. The van der Waals surface area contributed by atoms with Gasteiger partial charge in [-0.1, -0.05) is 5.11 Å². The highest BCUT2D eigenvalue weighted by Gasteiger charge is 2.19. The number of aryl methyl sites for hydroxylation is 1. The first-order chi connectivity index (χ1) is 9.61. The van der Waals surface area contributed by atoms with Gasteiger partial charge >= 0.3 is 0 Å². The third-order valence-electron chi connectivity index (χ3n) is 3.64. The summed E-state index contributed by atoms with van der Waals surface area (Å²) in [5.74, 6) is 1.25. The first-order valence-electron chi connectivity index (χ1n) is 7.19. The summed E-state index contributed by atoms with van der Waals surface area (Å²) in [5.41, 5.74) is 11.8. The fourth-order valence-corrected chi connectivity index (χ4v) is 2.74. The van der Waals surface area contributed by atoms with Crippen molar-refractivity contribution in [2.45, 2.75) is 45.6 Å². The van der Waals surface area contributed by atoms with Crippen molar-refractivity contribution in [3.63, 3.8) is 0 Å². The van der Waals surface area contributed by atoms with E-state index in [0.717, 1.165) is 25.9 Å². The van der Waals surface area contributed by atoms with Crippen LogP contribution >= 0.6 is 0 Å². The lowest BCUT2D eigenvalue weighted by molar-refractivity contribution is 0.243. The Morgan fingerprint density at radius 2 is 2.05 bits per heavy atom. The van der Waals surface area contributed by atoms with Crippen LogP contribution in [0, 0.1) is 6.92 Å². The lowest BCUT2D eigenvalue weighted by Gasteiger charge is -2.25. The van der Waals surface area contributed by atoms with E-state index in [-0.39, 0.29) is 6.10 Å². The molecule has 0 unspecified atom stereocenters. The molecule has 0 amide bonds. The third kappa shape index (κ3) is 3.44. The predicted molar refractivity (Wildman–Crippen MR) is 80.6 cm³/mol. The van der Waals surface area contributed by atoms with Crippen LogP contribution in [0.5, 0.6) is 5.75 Å². The van der Waals surface area contributed by atoms with Crippen LogP contribution in [0.2, 0.25) is 0 Å². The van der Waals surface area contributed by atoms with Gasteiger partial charge in [0.05, 0.1) is 11.8 Å². The summed E-state index contributed by atoms with van der Waals surface area (Å²) in [6, 6.07) is 4.00. The summed E-state index contributed by atoms with van der Waals surface area (Å²) >= 11 is 0. The molecule has 1 saturated heterocycles. The number of azide groups is 1. The first-order valence-corrected chi connectivity index (χ1v) is 7.19. The Balaban J connectivity index is 2.39. The molecular weight excluding hydrogens is 252 g/mol. The van der Waals surface area contributed by atoms with E-state index in [1.165, 1.54) is 11.1 Å². The van der Waals surface area contributed by atoms with Crippen molar-refractivity contribution in [2.75, 3.05) is 13.1 Å². The SMILES string of the molecule is Cc1cc(N=[N+]=[N-])c(OC(C)C)cc1C1CCNCC1. The second kappa shape index (κ2) is 6.64. The van der Waals surface area contributed by atoms with Crippen LogP contribution in [0.4, 0.5) is 5.69 Å². The Morgan fingerprint density at radius 3 is 2.65 bits per heavy atom. The number of nitrogens with one attached hydrogen (secondary N) is 1. The average Bonchev–Trinajstić information content (AvgIpc) is 2.42. The topological polar surface area (TPSA) is 70.0 Å². The van der Waals surface area contributed by atoms with Crippen molar-refractivity contribution < 1.29 is 4.74 Å². The number of hydrogen-bond acceptors (Lipinski definition) is 3. The first kappa shape index (κ1) is 14.7. The molecule has 1 N–H and O–H groups in total. The van der Waals surface area contributed by atoms with Gasteiger partial charge in [-0.3, -0.25) is 0 Å². The lowest BCUT2D eigenvalue weighted by atomic mass is 9.87. The summed E-state index contributed by atoms with van der Waals surface area (Å²) in [7, 11) is 0. The maximum absolute atomic E-state index is 8.68. The van der Waals surface area contributed by atoms with Crippen LogP contribution in [0.15, 0.2) is 17.2 Å². The number of piperidine rings is 1. The van der Waals surface area contributed by atoms with E-state index in [4.69, 9.17) is 10.3 Å². The Kier molecular flexibility index (Phi) is 4.88. The number of rotatable bonds is 4. The fourth-order valence-electron chi connectivity index (χ4n) is 2.74. The summed E-state index contributed by atoms with van der Waals surface area (Å²) < 4.78 is 5.80. The number of ether oxygens (including phenoxy) is 1. The van der Waals surface area contributed by atoms with E-state index in [1.807, 2.05) is 19.9 Å². The van der Waals surface area contributed by atoms with Crippen LogP contribution in [0.3, 0.4) is 0 Å². The Hall–Kier alpha value is -1.71. The maximum Gasteiger partial charge on any atom is 0.129 e. The minimum Gasteiger partial charge on any atom is -0.491 e. The van der Waals surface area contributed by atoms with Crippen molar-refractivity contribution in [3.8, 4) is 5.75 Å². The number of nitrogens with zero attached hydrogens (tertiary/aromatic N) is 3. The zero-order valence-electron chi connectivity index (χ0n) is 12.4. The normalized spacial score (nSPS) is 16.0. The molecule has 5 heteroatoms. The minimum absolute atomic E-state index is 0.0613. The van der Waals surface area contributed by atoms with Gasteiger partial charge in [-0.15, -0.1) is 0 Å². The Morgan fingerprint density at radius 1 is 1.35 bits per heavy atom. The summed E-state index contributed by atoms with van der Waals surface area (Å²) in [6.45, 7) is 8.14. The molecule has 0 radical (unpaired) electrons. The van der Waals surface area contributed by atoms with Crippen LogP contribution in [0.1, 0.15) is 43.7 Å². The molecule has 0 saturated carbocycles. The van der Waals surface area contributed by atoms with Crippen LogP contribution in [0.25, 0.3) is 10.4 Å². The van der Waals surface area contributed by atoms with E-state index in [9.17, 15) is 0 Å². The summed E-state index contributed by atoms with van der Waals surface area (Å²) in [6.07, 6.45) is 2.34. The molecule has 1 fully saturated rings. The minimum atomic E-state index is 0.0613. The van der Waals surface area contributed by atoms with Crippen molar-refractivity contribution in [2.24, 2.45) is 5.11 Å². The van der Waals surface area contributed by atoms with E-state index < -0.39 is 0 Å². The molecular formula is C15H22N4O. The van der Waals surface area contributed by atoms with Crippen molar-refractivity contribution >= 4 is 5.69 Å². The van der Waals surface area contributed by atoms with Crippen molar-refractivity contribution in [1.82, 2.24) is 5.32 Å². The van der Waals surface area contributed by atoms with Crippen LogP contribution < -0.4 is 10.1 Å². The molecule has 0 aliphatic carbocycles. The van der Waals surface area contributed by atoms with E-state index in [0.29, 0.717) is 17.4 Å². The molecule has 1 aliphatic heterocycles. The molecule has 0 spiro atoms. The van der Waals surface area contributed by atoms with Gasteiger partial charge in [0.15, 0.2) is 0 Å². The monoisotopic (exact) mass is 274 g/mol. The molecule has 108 valence electrons. The van der Waals surface area contributed by atoms with E-state index >= 15 is 0 Å². The highest BCUT2D eigenvalue weighted by Crippen LogP contribution is 2.37. The van der Waals surface area contributed by atoms with Gasteiger partial charge in [-0.2, -0.15) is 0 Å². The highest BCUT2D eigenvalue weighted by molar-refractivity contribution is 5.57. The van der Waals surface area contributed by atoms with Gasteiger partial charge in [0, 0.05) is 4.91 Å². The van der Waals surface area contributed by atoms with Gasteiger partial charge in [0.2, 0.25) is 0 Å². The number of hydrogen-bond donors (Lipinski definition) is 1. The fraction of sp³-hybridized carbons (Fsp3) is 0.600. The number of benzene rings is 1. The molecule has 1 aliphatic rings. The molecule has 0 atom stereocenters. The second-order valence-electron chi connectivity index (χ2n) is 5.56. The molecule has 1 aromatic carbocycles. The van der Waals surface area contributed by atoms with Gasteiger partial charge < -0.3 is 10.1 Å². The summed E-state index contributed by atoms with van der Waals surface area (Å²) in [5, 5.41) is 7.13. The molecule has 5 nitrogen and oxygen atoms in total. The van der Waals surface area contributed by atoms with Crippen molar-refractivity contribution in [3.05, 3.63) is 33.7 Å². The van der Waals surface area contributed by atoms with Crippen molar-refractivity contribution in [1.29, 1.82) is 0 Å². The zero-order valence-corrected chi connectivity index (χ0v) is 12.4. The quantitative estimate of drug-likeness (QED) is 0.508. The van der Waals surface area contributed by atoms with Gasteiger partial charge in [-0.25, -0.2) is 0 Å². The third-order valence-corrected chi connectivity index (χ3v) is 3.64. The van der Waals surface area contributed by atoms with Crippen LogP contribution in [-0.4, -0.2) is 19.2 Å². The lowest BCUT2D eigenvalue weighted by Crippen LogP contribution is -2.27. The second-order valence-corrected chi connectivity index (χ2v) is 5.56. The molecule has 1 aromatic rings. The molecule has 0 bridgehead atoms. The molecule has 20 heavy (non-hydrogen) atoms. The van der Waals surface area contributed by atoms with E-state index in [1.54, 1.807) is 0 Å². The largest absolute Gasteiger partial charge is 0.491 e. The predicted octanol–water partition coefficient (Wildman–Crippen LogP) is 4.19. The standard InChI is InChI=1S/C15H22N4O/c1-10(2)20-15-9-13(12-4-6-17-7-5-12)11(3)8-14(15)18-19-16/h8-10,12,17H,4-7H2,1-3H3. The molecule has 0 aromatic heterocycles. The maximum atomic E-state index is 8.68. The molecule has 1 heterocycles. The highest BCUT2D eigenvalue weighted by atomic mass is 16.5.